The Bertz CT molecular complexity index is 883. The number of carboxylic acids is 1. The topological polar surface area (TPSA) is 87.8 Å². The van der Waals surface area contributed by atoms with Crippen molar-refractivity contribution in [3.05, 3.63) is 48.4 Å². The van der Waals surface area contributed by atoms with Crippen LogP contribution < -0.4 is 4.31 Å². The molecule has 1 aromatic carbocycles. The molecule has 2 aliphatic rings. The summed E-state index contributed by atoms with van der Waals surface area (Å²) in [6.45, 7) is 0.268. The summed E-state index contributed by atoms with van der Waals surface area (Å²) in [7, 11) is -3.71. The zero-order chi connectivity index (χ0) is 16.9. The van der Waals surface area contributed by atoms with Crippen LogP contribution in [0.2, 0.25) is 0 Å². The van der Waals surface area contributed by atoms with Crippen LogP contribution in [0.15, 0.2) is 52.2 Å². The maximum atomic E-state index is 12.9. The Labute approximate surface area is 139 Å². The number of carboxylic acid groups (broad SMARTS) is 1. The summed E-state index contributed by atoms with van der Waals surface area (Å²) in [4.78, 5) is 11.8. The number of nitrogens with zero attached hydrogens (tertiary/aromatic N) is 1. The Kier molecular flexibility index (Phi) is 3.25. The summed E-state index contributed by atoms with van der Waals surface area (Å²) in [6.07, 6.45) is 4.34. The number of benzene rings is 1. The maximum absolute atomic E-state index is 12.9. The second-order valence-electron chi connectivity index (χ2n) is 6.40. The summed E-state index contributed by atoms with van der Waals surface area (Å²) < 4.78 is 32.0. The lowest BCUT2D eigenvalue weighted by Gasteiger charge is -2.37. The molecule has 1 N–H and O–H groups in total. The molecule has 0 amide bonds. The average molecular weight is 347 g/mol. The maximum Gasteiger partial charge on any atom is 0.310 e. The van der Waals surface area contributed by atoms with E-state index in [4.69, 9.17) is 4.42 Å². The first-order chi connectivity index (χ1) is 11.5. The molecule has 126 valence electrons. The van der Waals surface area contributed by atoms with E-state index >= 15 is 0 Å². The van der Waals surface area contributed by atoms with Crippen LogP contribution in [0.1, 0.15) is 30.7 Å². The van der Waals surface area contributed by atoms with Crippen LogP contribution in [0.4, 0.5) is 5.69 Å². The van der Waals surface area contributed by atoms with Crippen LogP contribution in [-0.2, 0) is 14.8 Å². The van der Waals surface area contributed by atoms with Crippen molar-refractivity contribution in [1.82, 2.24) is 0 Å². The molecule has 0 radical (unpaired) electrons. The molecule has 0 saturated heterocycles. The Balaban J connectivity index is 1.80. The van der Waals surface area contributed by atoms with E-state index in [9.17, 15) is 18.3 Å². The van der Waals surface area contributed by atoms with Gasteiger partial charge in [-0.1, -0.05) is 18.2 Å². The molecule has 1 unspecified atom stereocenters. The van der Waals surface area contributed by atoms with E-state index in [1.165, 1.54) is 22.9 Å². The Morgan fingerprint density at radius 3 is 2.62 bits per heavy atom. The van der Waals surface area contributed by atoms with Crippen molar-refractivity contribution in [2.75, 3.05) is 10.8 Å². The molecule has 0 bridgehead atoms. The molecule has 1 atom stereocenters. The van der Waals surface area contributed by atoms with Crippen LogP contribution in [0.3, 0.4) is 0 Å². The van der Waals surface area contributed by atoms with Gasteiger partial charge in [0.25, 0.3) is 10.0 Å². The Hall–Kier alpha value is -2.28. The van der Waals surface area contributed by atoms with Gasteiger partial charge in [0.05, 0.1) is 17.4 Å². The van der Waals surface area contributed by atoms with Gasteiger partial charge < -0.3 is 9.52 Å². The van der Waals surface area contributed by atoms with Crippen LogP contribution in [0.25, 0.3) is 0 Å². The second-order valence-corrected chi connectivity index (χ2v) is 8.26. The van der Waals surface area contributed by atoms with Gasteiger partial charge in [-0.15, -0.1) is 0 Å². The van der Waals surface area contributed by atoms with Gasteiger partial charge in [-0.25, -0.2) is 8.42 Å². The smallest absolute Gasteiger partial charge is 0.310 e. The standard InChI is InChI=1S/C17H17NO5S/c19-16(20)17(7-8-17)14-5-9-18(15-4-2-1-3-13(14)15)24(21,22)12-6-10-23-11-12/h1-4,6,10-11,14H,5,7-9H2,(H,19,20). The summed E-state index contributed by atoms with van der Waals surface area (Å²) in [5, 5.41) is 9.61. The fourth-order valence-electron chi connectivity index (χ4n) is 3.73. The summed E-state index contributed by atoms with van der Waals surface area (Å²) in [5.41, 5.74) is 0.639. The minimum atomic E-state index is -3.71. The van der Waals surface area contributed by atoms with E-state index in [1.807, 2.05) is 12.1 Å². The van der Waals surface area contributed by atoms with Crippen LogP contribution in [-0.4, -0.2) is 26.0 Å². The fraction of sp³-hybridized carbons (Fsp3) is 0.353. The first kappa shape index (κ1) is 15.3. The average Bonchev–Trinajstić information content (AvgIpc) is 3.19. The minimum Gasteiger partial charge on any atom is -0.481 e. The van der Waals surface area contributed by atoms with Gasteiger partial charge >= 0.3 is 5.97 Å². The van der Waals surface area contributed by atoms with Crippen molar-refractivity contribution < 1.29 is 22.7 Å². The van der Waals surface area contributed by atoms with Gasteiger partial charge in [0.1, 0.15) is 11.2 Å². The van der Waals surface area contributed by atoms with E-state index in [0.29, 0.717) is 24.9 Å². The number of sulfonamides is 1. The minimum absolute atomic E-state index is 0.107. The zero-order valence-corrected chi connectivity index (χ0v) is 13.7. The molecule has 2 heterocycles. The summed E-state index contributed by atoms with van der Waals surface area (Å²) in [5.74, 6) is -0.935. The molecule has 1 saturated carbocycles. The van der Waals surface area contributed by atoms with E-state index in [0.717, 1.165) is 5.56 Å². The highest BCUT2D eigenvalue weighted by Gasteiger charge is 2.57. The molecule has 24 heavy (non-hydrogen) atoms. The zero-order valence-electron chi connectivity index (χ0n) is 12.9. The number of carbonyl (C=O) groups is 1. The van der Waals surface area contributed by atoms with Gasteiger partial charge in [0.15, 0.2) is 0 Å². The number of rotatable bonds is 4. The highest BCUT2D eigenvalue weighted by molar-refractivity contribution is 7.92. The highest BCUT2D eigenvalue weighted by atomic mass is 32.2. The van der Waals surface area contributed by atoms with Crippen LogP contribution >= 0.6 is 0 Å². The van der Waals surface area contributed by atoms with Crippen molar-refractivity contribution in [2.45, 2.75) is 30.1 Å². The molecule has 1 aromatic heterocycles. The second kappa shape index (κ2) is 5.11. The summed E-state index contributed by atoms with van der Waals surface area (Å²) >= 11 is 0. The lowest BCUT2D eigenvalue weighted by atomic mass is 9.78. The third kappa shape index (κ3) is 2.07. The largest absolute Gasteiger partial charge is 0.481 e. The fourth-order valence-corrected chi connectivity index (χ4v) is 5.16. The molecule has 4 rings (SSSR count). The molecule has 0 spiro atoms. The van der Waals surface area contributed by atoms with Gasteiger partial charge in [-0.3, -0.25) is 9.10 Å². The first-order valence-electron chi connectivity index (χ1n) is 7.84. The van der Waals surface area contributed by atoms with E-state index in [-0.39, 0.29) is 17.4 Å². The number of aliphatic carboxylic acids is 1. The van der Waals surface area contributed by atoms with Gasteiger partial charge in [0.2, 0.25) is 0 Å². The van der Waals surface area contributed by atoms with Gasteiger partial charge in [-0.05, 0) is 37.0 Å². The molecule has 1 aliphatic heterocycles. The van der Waals surface area contributed by atoms with Crippen molar-refractivity contribution in [3.8, 4) is 0 Å². The molecule has 2 aromatic rings. The van der Waals surface area contributed by atoms with E-state index < -0.39 is 21.4 Å². The number of para-hydroxylation sites is 1. The van der Waals surface area contributed by atoms with Gasteiger partial charge in [0, 0.05) is 12.5 Å². The quantitative estimate of drug-likeness (QED) is 0.919. The molecule has 7 heteroatoms. The summed E-state index contributed by atoms with van der Waals surface area (Å²) in [6, 6.07) is 8.62. The number of fused-ring (bicyclic) bond motifs is 1. The lowest BCUT2D eigenvalue weighted by molar-refractivity contribution is -0.144. The van der Waals surface area contributed by atoms with Gasteiger partial charge in [-0.2, -0.15) is 0 Å². The van der Waals surface area contributed by atoms with E-state index in [2.05, 4.69) is 0 Å². The normalized spacial score (nSPS) is 22.0. The lowest BCUT2D eigenvalue weighted by Crippen LogP contribution is -2.39. The van der Waals surface area contributed by atoms with Crippen LogP contribution in [0.5, 0.6) is 0 Å². The third-order valence-electron chi connectivity index (χ3n) is 5.17. The molecule has 1 aliphatic carbocycles. The predicted octanol–water partition coefficient (Wildman–Crippen LogP) is 2.83. The molecular formula is C17H17NO5S. The van der Waals surface area contributed by atoms with Crippen molar-refractivity contribution in [3.63, 3.8) is 0 Å². The third-order valence-corrected chi connectivity index (χ3v) is 6.95. The number of anilines is 1. The van der Waals surface area contributed by atoms with Crippen LogP contribution in [0, 0.1) is 5.41 Å². The van der Waals surface area contributed by atoms with Crippen molar-refractivity contribution >= 4 is 21.7 Å². The monoisotopic (exact) mass is 347 g/mol. The number of hydrogen-bond acceptors (Lipinski definition) is 4. The number of hydrogen-bond donors (Lipinski definition) is 1. The molecule has 6 nitrogen and oxygen atoms in total. The SMILES string of the molecule is O=C(O)C1(C2CCN(S(=O)(=O)c3ccoc3)c3ccccc32)CC1. The first-order valence-corrected chi connectivity index (χ1v) is 9.28. The molecule has 1 fully saturated rings. The Morgan fingerprint density at radius 1 is 1.25 bits per heavy atom. The van der Waals surface area contributed by atoms with E-state index in [1.54, 1.807) is 12.1 Å². The molecular weight excluding hydrogens is 330 g/mol. The van der Waals surface area contributed by atoms with Crippen molar-refractivity contribution in [2.24, 2.45) is 5.41 Å². The highest BCUT2D eigenvalue weighted by Crippen LogP contribution is 2.60. The predicted molar refractivity (Wildman–Crippen MR) is 86.3 cm³/mol. The number of furan rings is 1. The van der Waals surface area contributed by atoms with Crippen molar-refractivity contribution in [1.29, 1.82) is 0 Å². The Morgan fingerprint density at radius 2 is 2.00 bits per heavy atom.